The van der Waals surface area contributed by atoms with E-state index in [0.29, 0.717) is 50.4 Å². The van der Waals surface area contributed by atoms with Gasteiger partial charge < -0.3 is 30.3 Å². The number of nitrogens with two attached hydrogens (primary N) is 1. The summed E-state index contributed by atoms with van der Waals surface area (Å²) in [6, 6.07) is 6.31. The van der Waals surface area contributed by atoms with E-state index in [-0.39, 0.29) is 12.1 Å². The highest BCUT2D eigenvalue weighted by Gasteiger charge is 2.35. The summed E-state index contributed by atoms with van der Waals surface area (Å²) >= 11 is 1.68. The van der Waals surface area contributed by atoms with Gasteiger partial charge >= 0.3 is 11.8 Å². The van der Waals surface area contributed by atoms with Crippen molar-refractivity contribution in [2.75, 3.05) is 42.3 Å². The van der Waals surface area contributed by atoms with Gasteiger partial charge in [0.25, 0.3) is 0 Å². The first-order valence-corrected chi connectivity index (χ1v) is 13.9. The van der Waals surface area contributed by atoms with Crippen molar-refractivity contribution < 1.29 is 19.1 Å². The molecule has 0 bridgehead atoms. The monoisotopic (exact) mass is 536 g/mol. The number of amides is 2. The normalized spacial score (nSPS) is 23.5. The fourth-order valence-corrected chi connectivity index (χ4v) is 6.67. The second kappa shape index (κ2) is 10.1. The van der Waals surface area contributed by atoms with Crippen molar-refractivity contribution in [1.82, 2.24) is 14.9 Å². The summed E-state index contributed by atoms with van der Waals surface area (Å²) in [5.41, 5.74) is 9.88. The van der Waals surface area contributed by atoms with E-state index in [2.05, 4.69) is 47.2 Å². The zero-order valence-electron chi connectivity index (χ0n) is 21.6. The summed E-state index contributed by atoms with van der Waals surface area (Å²) in [5.74, 6) is -0.540. The molecule has 38 heavy (non-hydrogen) atoms. The molecule has 6 rings (SSSR count). The van der Waals surface area contributed by atoms with E-state index in [0.717, 1.165) is 51.4 Å². The fraction of sp³-hybridized carbons (Fsp3) is 0.481. The quantitative estimate of drug-likeness (QED) is 0.488. The molecule has 5 heterocycles. The molecular weight excluding hydrogens is 504 g/mol. The SMILES string of the molecule is CC1CCC(c2ccc3sc(N4CCOC[C@@H]4C)nc3c2)N(C(=O)C(=O)Nc2cnc(N)c3c2COC3)C1. The lowest BCUT2D eigenvalue weighted by Gasteiger charge is -2.38. The van der Waals surface area contributed by atoms with Crippen LogP contribution in [0, 0.1) is 5.92 Å². The molecule has 200 valence electrons. The highest BCUT2D eigenvalue weighted by molar-refractivity contribution is 7.22. The number of benzene rings is 1. The first kappa shape index (κ1) is 25.0. The Bertz CT molecular complexity index is 1390. The van der Waals surface area contributed by atoms with Gasteiger partial charge in [0.05, 0.1) is 60.6 Å². The Labute approximate surface area is 225 Å². The van der Waals surface area contributed by atoms with Gasteiger partial charge in [-0.15, -0.1) is 0 Å². The second-order valence-corrected chi connectivity index (χ2v) is 11.5. The molecule has 2 aromatic heterocycles. The predicted octanol–water partition coefficient (Wildman–Crippen LogP) is 3.47. The Morgan fingerprint density at radius 1 is 1.16 bits per heavy atom. The number of ether oxygens (including phenoxy) is 2. The summed E-state index contributed by atoms with van der Waals surface area (Å²) < 4.78 is 12.2. The molecule has 11 heteroatoms. The molecule has 1 aromatic carbocycles. The number of fused-ring (bicyclic) bond motifs is 2. The maximum atomic E-state index is 13.5. The zero-order valence-corrected chi connectivity index (χ0v) is 22.4. The molecule has 3 aromatic rings. The van der Waals surface area contributed by atoms with Crippen LogP contribution in [0.3, 0.4) is 0 Å². The van der Waals surface area contributed by atoms with E-state index >= 15 is 0 Å². The first-order valence-electron chi connectivity index (χ1n) is 13.1. The molecular formula is C27H32N6O4S. The molecule has 3 N–H and O–H groups in total. The van der Waals surface area contributed by atoms with E-state index in [9.17, 15) is 9.59 Å². The minimum Gasteiger partial charge on any atom is -0.383 e. The van der Waals surface area contributed by atoms with Crippen LogP contribution in [0.15, 0.2) is 24.4 Å². The van der Waals surface area contributed by atoms with Gasteiger partial charge in [0.2, 0.25) is 0 Å². The van der Waals surface area contributed by atoms with Crippen LogP contribution in [0.25, 0.3) is 10.2 Å². The number of morpholine rings is 1. The van der Waals surface area contributed by atoms with E-state index in [1.807, 2.05) is 0 Å². The van der Waals surface area contributed by atoms with Gasteiger partial charge in [-0.1, -0.05) is 24.3 Å². The third-order valence-electron chi connectivity index (χ3n) is 7.74. The average Bonchev–Trinajstić information content (AvgIpc) is 3.58. The van der Waals surface area contributed by atoms with E-state index in [4.69, 9.17) is 20.2 Å². The standard InChI is InChI=1S/C27H32N6O4S/c1-15-3-5-22(17-4-6-23-20(9-17)31-27(38-23)32-7-8-36-12-16(32)2)33(11-15)26(35)25(34)30-21-10-29-24(28)19-14-37-13-18(19)21/h4,6,9-10,15-16,22H,3,5,7-8,11-14H2,1-2H3,(H2,28,29)(H,30,34)/t15?,16-,22?/m0/s1. The Morgan fingerprint density at radius 2 is 2.00 bits per heavy atom. The van der Waals surface area contributed by atoms with Gasteiger partial charge in [-0.2, -0.15) is 0 Å². The van der Waals surface area contributed by atoms with Gasteiger partial charge in [-0.3, -0.25) is 9.59 Å². The Balaban J connectivity index is 1.24. The number of hydrogen-bond acceptors (Lipinski definition) is 9. The summed E-state index contributed by atoms with van der Waals surface area (Å²) in [4.78, 5) is 39.8. The van der Waals surface area contributed by atoms with Gasteiger partial charge in [0, 0.05) is 24.2 Å². The van der Waals surface area contributed by atoms with Crippen LogP contribution >= 0.6 is 11.3 Å². The Hall–Kier alpha value is -3.28. The number of piperidine rings is 1. The third kappa shape index (κ3) is 4.59. The number of pyridine rings is 1. The number of aromatic nitrogens is 2. The van der Waals surface area contributed by atoms with E-state index < -0.39 is 11.8 Å². The number of carbonyl (C=O) groups is 2. The minimum absolute atomic E-state index is 0.195. The third-order valence-corrected chi connectivity index (χ3v) is 8.82. The van der Waals surface area contributed by atoms with Crippen LogP contribution in [0.5, 0.6) is 0 Å². The van der Waals surface area contributed by atoms with Crippen molar-refractivity contribution >= 4 is 50.0 Å². The lowest BCUT2D eigenvalue weighted by molar-refractivity contribution is -0.146. The highest BCUT2D eigenvalue weighted by atomic mass is 32.1. The van der Waals surface area contributed by atoms with E-state index in [1.165, 1.54) is 6.20 Å². The largest absolute Gasteiger partial charge is 0.383 e. The van der Waals surface area contributed by atoms with Crippen molar-refractivity contribution in [3.8, 4) is 0 Å². The zero-order chi connectivity index (χ0) is 26.4. The summed E-state index contributed by atoms with van der Waals surface area (Å²) in [7, 11) is 0. The van der Waals surface area contributed by atoms with E-state index in [1.54, 1.807) is 16.2 Å². The fourth-order valence-electron chi connectivity index (χ4n) is 5.60. The molecule has 3 aliphatic rings. The Morgan fingerprint density at radius 3 is 2.84 bits per heavy atom. The molecule has 2 saturated heterocycles. The summed E-state index contributed by atoms with van der Waals surface area (Å²) in [5, 5.41) is 3.76. The number of likely N-dealkylation sites (tertiary alicyclic amines) is 1. The van der Waals surface area contributed by atoms with Crippen molar-refractivity contribution in [3.63, 3.8) is 0 Å². The maximum Gasteiger partial charge on any atom is 0.313 e. The van der Waals surface area contributed by atoms with Crippen molar-refractivity contribution in [1.29, 1.82) is 0 Å². The van der Waals surface area contributed by atoms with Crippen LogP contribution in [-0.2, 0) is 32.3 Å². The van der Waals surface area contributed by atoms with Gasteiger partial charge in [0.1, 0.15) is 5.82 Å². The summed E-state index contributed by atoms with van der Waals surface area (Å²) in [6.07, 6.45) is 3.26. The molecule has 3 aliphatic heterocycles. The first-order chi connectivity index (χ1) is 18.4. The lowest BCUT2D eigenvalue weighted by atomic mass is 9.89. The minimum atomic E-state index is -0.678. The number of hydrogen-bond donors (Lipinski definition) is 2. The van der Waals surface area contributed by atoms with Crippen LogP contribution < -0.4 is 16.0 Å². The van der Waals surface area contributed by atoms with Crippen LogP contribution in [0.4, 0.5) is 16.6 Å². The molecule has 2 amide bonds. The van der Waals surface area contributed by atoms with Gasteiger partial charge in [0.15, 0.2) is 5.13 Å². The smallest absolute Gasteiger partial charge is 0.313 e. The maximum absolute atomic E-state index is 13.5. The molecule has 2 fully saturated rings. The number of rotatable bonds is 3. The number of thiazole rings is 1. The van der Waals surface area contributed by atoms with Crippen molar-refractivity contribution in [2.24, 2.45) is 5.92 Å². The second-order valence-electron chi connectivity index (χ2n) is 10.5. The average molecular weight is 537 g/mol. The Kier molecular flexibility index (Phi) is 6.67. The lowest BCUT2D eigenvalue weighted by Crippen LogP contribution is -2.46. The number of carbonyl (C=O) groups excluding carboxylic acids is 2. The number of nitrogens with one attached hydrogen (secondary N) is 1. The summed E-state index contributed by atoms with van der Waals surface area (Å²) in [6.45, 7) is 7.68. The predicted molar refractivity (Wildman–Crippen MR) is 146 cm³/mol. The molecule has 10 nitrogen and oxygen atoms in total. The molecule has 0 aliphatic carbocycles. The van der Waals surface area contributed by atoms with Gasteiger partial charge in [-0.05, 0) is 43.4 Å². The van der Waals surface area contributed by atoms with Crippen LogP contribution in [0.1, 0.15) is 49.4 Å². The molecule has 0 saturated carbocycles. The number of nitrogens with zero attached hydrogens (tertiary/aromatic N) is 4. The molecule has 0 radical (unpaired) electrons. The topological polar surface area (TPSA) is 123 Å². The van der Waals surface area contributed by atoms with Crippen molar-refractivity contribution in [3.05, 3.63) is 41.1 Å². The molecule has 0 spiro atoms. The number of nitrogen functional groups attached to an aromatic ring is 1. The van der Waals surface area contributed by atoms with Crippen molar-refractivity contribution in [2.45, 2.75) is 52.0 Å². The van der Waals surface area contributed by atoms with Crippen LogP contribution in [0.2, 0.25) is 0 Å². The van der Waals surface area contributed by atoms with Gasteiger partial charge in [-0.25, -0.2) is 9.97 Å². The molecule has 3 atom stereocenters. The molecule has 2 unspecified atom stereocenters. The number of anilines is 3. The highest BCUT2D eigenvalue weighted by Crippen LogP contribution is 2.37. The van der Waals surface area contributed by atoms with Crippen LogP contribution in [-0.4, -0.2) is 59.0 Å².